The van der Waals surface area contributed by atoms with Crippen molar-refractivity contribution in [1.82, 2.24) is 14.8 Å². The Hall–Kier alpha value is -2.36. The number of phenols is 1. The van der Waals surface area contributed by atoms with Crippen LogP contribution in [0, 0.1) is 6.92 Å². The second kappa shape index (κ2) is 6.07. The van der Waals surface area contributed by atoms with Crippen molar-refractivity contribution >= 4 is 11.0 Å². The molecule has 1 fully saturated rings. The van der Waals surface area contributed by atoms with Crippen molar-refractivity contribution in [3.05, 3.63) is 41.1 Å². The van der Waals surface area contributed by atoms with E-state index in [1.807, 2.05) is 6.20 Å². The topological polar surface area (TPSA) is 50.9 Å². The Balaban J connectivity index is 2.05. The number of nitrogens with zero attached hydrogens (tertiary/aromatic N) is 3. The predicted octanol–water partition coefficient (Wildman–Crippen LogP) is 6.04. The lowest BCUT2D eigenvalue weighted by Gasteiger charge is -2.28. The van der Waals surface area contributed by atoms with Crippen molar-refractivity contribution in [1.29, 1.82) is 0 Å². The third-order valence-electron chi connectivity index (χ3n) is 5.69. The molecule has 148 valence electrons. The first-order valence-electron chi connectivity index (χ1n) is 10.2. The largest absolute Gasteiger partial charge is 0.507 e. The molecule has 0 bridgehead atoms. The van der Waals surface area contributed by atoms with E-state index in [1.165, 1.54) is 18.4 Å². The van der Waals surface area contributed by atoms with Gasteiger partial charge in [0.05, 0.1) is 6.04 Å². The minimum atomic E-state index is -0.164. The van der Waals surface area contributed by atoms with Crippen LogP contribution in [0.4, 0.5) is 0 Å². The van der Waals surface area contributed by atoms with Gasteiger partial charge in [-0.15, -0.1) is 0 Å². The Morgan fingerprint density at radius 3 is 2.07 bits per heavy atom. The van der Waals surface area contributed by atoms with E-state index in [-0.39, 0.29) is 10.8 Å². The smallest absolute Gasteiger partial charge is 0.158 e. The number of rotatable bonds is 2. The molecule has 0 atom stereocenters. The van der Waals surface area contributed by atoms with Gasteiger partial charge in [0.25, 0.3) is 0 Å². The Morgan fingerprint density at radius 2 is 1.57 bits per heavy atom. The first-order valence-corrected chi connectivity index (χ1v) is 10.2. The molecule has 0 amide bonds. The minimum Gasteiger partial charge on any atom is -0.507 e. The summed E-state index contributed by atoms with van der Waals surface area (Å²) in [5, 5.41) is 17.2. The number of phenolic OH excluding ortho intramolecular Hbond substituents is 1. The summed E-state index contributed by atoms with van der Waals surface area (Å²) < 4.78 is 2.11. The van der Waals surface area contributed by atoms with Crippen molar-refractivity contribution < 1.29 is 5.11 Å². The third-order valence-corrected chi connectivity index (χ3v) is 5.69. The Morgan fingerprint density at radius 1 is 1.00 bits per heavy atom. The van der Waals surface area contributed by atoms with E-state index in [4.69, 9.17) is 5.10 Å². The van der Waals surface area contributed by atoms with Crippen molar-refractivity contribution in [2.45, 2.75) is 78.2 Å². The first-order chi connectivity index (χ1) is 13.0. The number of fused-ring (bicyclic) bond motifs is 1. The molecule has 1 N–H and O–H groups in total. The number of aromatic nitrogens is 3. The van der Waals surface area contributed by atoms with E-state index in [9.17, 15) is 5.11 Å². The molecular weight excluding hydrogens is 346 g/mol. The Labute approximate surface area is 167 Å². The molecule has 0 radical (unpaired) electrons. The van der Waals surface area contributed by atoms with Crippen LogP contribution in [-0.4, -0.2) is 19.9 Å². The number of pyridine rings is 1. The van der Waals surface area contributed by atoms with Gasteiger partial charge in [0.2, 0.25) is 0 Å². The molecule has 0 unspecified atom stereocenters. The summed E-state index contributed by atoms with van der Waals surface area (Å²) in [5.41, 5.74) is 5.80. The van der Waals surface area contributed by atoms with Crippen LogP contribution in [0.1, 0.15) is 77.1 Å². The first kappa shape index (κ1) is 19.0. The maximum Gasteiger partial charge on any atom is 0.158 e. The second-order valence-corrected chi connectivity index (χ2v) is 10.3. The fourth-order valence-corrected chi connectivity index (χ4v) is 3.91. The highest BCUT2D eigenvalue weighted by atomic mass is 16.3. The standard InChI is InChI=1S/C24H31N3O/c1-14-10-11-25-22-19(14)20(26-27(22)16-8-9-16)15-12-17(23(2,3)4)21(28)18(13-15)24(5,6)7/h10-13,16,28H,8-9H2,1-7H3. The molecule has 1 aliphatic rings. The molecule has 1 aliphatic carbocycles. The SMILES string of the molecule is Cc1ccnc2c1c(-c1cc(C(C)(C)C)c(O)c(C(C)(C)C)c1)nn2C1CC1. The van der Waals surface area contributed by atoms with Crippen LogP contribution in [0.5, 0.6) is 5.75 Å². The summed E-state index contributed by atoms with van der Waals surface area (Å²) in [6, 6.07) is 6.76. The molecule has 2 aromatic heterocycles. The molecule has 4 heteroatoms. The van der Waals surface area contributed by atoms with Gasteiger partial charge in [-0.25, -0.2) is 9.67 Å². The van der Waals surface area contributed by atoms with E-state index in [2.05, 4.69) is 76.3 Å². The van der Waals surface area contributed by atoms with Gasteiger partial charge in [-0.1, -0.05) is 41.5 Å². The minimum absolute atomic E-state index is 0.164. The second-order valence-electron chi connectivity index (χ2n) is 10.3. The number of benzene rings is 1. The van der Waals surface area contributed by atoms with Gasteiger partial charge in [0.1, 0.15) is 11.4 Å². The summed E-state index contributed by atoms with van der Waals surface area (Å²) in [6.07, 6.45) is 4.21. The maximum atomic E-state index is 11.1. The normalized spacial score (nSPS) is 15.4. The van der Waals surface area contributed by atoms with Crippen LogP contribution in [0.25, 0.3) is 22.3 Å². The zero-order valence-electron chi connectivity index (χ0n) is 18.1. The molecule has 4 rings (SSSR count). The predicted molar refractivity (Wildman–Crippen MR) is 115 cm³/mol. The lowest BCUT2D eigenvalue weighted by atomic mass is 9.78. The fraction of sp³-hybridized carbons (Fsp3) is 0.500. The molecule has 0 aliphatic heterocycles. The van der Waals surface area contributed by atoms with E-state index < -0.39 is 0 Å². The molecule has 0 spiro atoms. The molecule has 1 saturated carbocycles. The highest BCUT2D eigenvalue weighted by Crippen LogP contribution is 2.44. The van der Waals surface area contributed by atoms with Gasteiger partial charge in [-0.05, 0) is 54.4 Å². The summed E-state index contributed by atoms with van der Waals surface area (Å²) in [6.45, 7) is 15.0. The molecular formula is C24H31N3O. The van der Waals surface area contributed by atoms with Crippen LogP contribution in [0.15, 0.2) is 24.4 Å². The van der Waals surface area contributed by atoms with Gasteiger partial charge in [-0.2, -0.15) is 5.10 Å². The van der Waals surface area contributed by atoms with Gasteiger partial charge in [0, 0.05) is 28.3 Å². The van der Waals surface area contributed by atoms with Crippen LogP contribution in [0.2, 0.25) is 0 Å². The van der Waals surface area contributed by atoms with Crippen LogP contribution >= 0.6 is 0 Å². The molecule has 2 heterocycles. The van der Waals surface area contributed by atoms with Gasteiger partial charge in [0.15, 0.2) is 5.65 Å². The average Bonchev–Trinajstić information content (AvgIpc) is 3.34. The van der Waals surface area contributed by atoms with Gasteiger partial charge in [-0.3, -0.25) is 0 Å². The van der Waals surface area contributed by atoms with Crippen molar-refractivity contribution in [3.63, 3.8) is 0 Å². The summed E-state index contributed by atoms with van der Waals surface area (Å²) >= 11 is 0. The Bertz CT molecular complexity index is 1020. The maximum absolute atomic E-state index is 11.1. The van der Waals surface area contributed by atoms with Crippen molar-refractivity contribution in [2.75, 3.05) is 0 Å². The molecule has 0 saturated heterocycles. The van der Waals surface area contributed by atoms with E-state index >= 15 is 0 Å². The molecule has 28 heavy (non-hydrogen) atoms. The number of aromatic hydroxyl groups is 1. The summed E-state index contributed by atoms with van der Waals surface area (Å²) in [5.74, 6) is 0.407. The van der Waals surface area contributed by atoms with Crippen LogP contribution in [-0.2, 0) is 10.8 Å². The average molecular weight is 378 g/mol. The van der Waals surface area contributed by atoms with E-state index in [0.29, 0.717) is 11.8 Å². The number of hydrogen-bond donors (Lipinski definition) is 1. The molecule has 1 aromatic carbocycles. The van der Waals surface area contributed by atoms with E-state index in [1.54, 1.807) is 0 Å². The van der Waals surface area contributed by atoms with Crippen molar-refractivity contribution in [3.8, 4) is 17.0 Å². The number of hydrogen-bond acceptors (Lipinski definition) is 3. The Kier molecular flexibility index (Phi) is 4.11. The number of aryl methyl sites for hydroxylation is 1. The lowest BCUT2D eigenvalue weighted by Crippen LogP contribution is -2.17. The monoisotopic (exact) mass is 377 g/mol. The summed E-state index contributed by atoms with van der Waals surface area (Å²) in [7, 11) is 0. The van der Waals surface area contributed by atoms with Gasteiger partial charge < -0.3 is 5.11 Å². The van der Waals surface area contributed by atoms with Crippen LogP contribution in [0.3, 0.4) is 0 Å². The van der Waals surface area contributed by atoms with Crippen molar-refractivity contribution in [2.24, 2.45) is 0 Å². The quantitative estimate of drug-likeness (QED) is 0.592. The highest BCUT2D eigenvalue weighted by Gasteiger charge is 2.31. The highest BCUT2D eigenvalue weighted by molar-refractivity contribution is 5.94. The lowest BCUT2D eigenvalue weighted by molar-refractivity contribution is 0.423. The van der Waals surface area contributed by atoms with Gasteiger partial charge >= 0.3 is 0 Å². The van der Waals surface area contributed by atoms with E-state index in [0.717, 1.165) is 33.4 Å². The zero-order valence-corrected chi connectivity index (χ0v) is 18.1. The zero-order chi connectivity index (χ0) is 20.4. The van der Waals surface area contributed by atoms with Crippen LogP contribution < -0.4 is 0 Å². The fourth-order valence-electron chi connectivity index (χ4n) is 3.91. The molecule has 4 nitrogen and oxygen atoms in total. The molecule has 3 aromatic rings. The summed E-state index contributed by atoms with van der Waals surface area (Å²) in [4.78, 5) is 4.66. The third kappa shape index (κ3) is 3.09.